The third kappa shape index (κ3) is 7.01. The summed E-state index contributed by atoms with van der Waals surface area (Å²) < 4.78 is 30.9. The van der Waals surface area contributed by atoms with Crippen molar-refractivity contribution in [2.45, 2.75) is 44.4 Å². The maximum Gasteiger partial charge on any atom is 0.179 e. The van der Waals surface area contributed by atoms with Crippen molar-refractivity contribution in [3.8, 4) is 5.75 Å². The van der Waals surface area contributed by atoms with Crippen LogP contribution in [0.3, 0.4) is 0 Å². The zero-order chi connectivity index (χ0) is 24.1. The van der Waals surface area contributed by atoms with Gasteiger partial charge in [0.1, 0.15) is 17.3 Å². The van der Waals surface area contributed by atoms with E-state index in [1.807, 2.05) is 92.4 Å². The first-order chi connectivity index (χ1) is 15.5. The molecule has 0 saturated carbocycles. The molecule has 33 heavy (non-hydrogen) atoms. The summed E-state index contributed by atoms with van der Waals surface area (Å²) in [5, 5.41) is 0. The van der Waals surface area contributed by atoms with Gasteiger partial charge < -0.3 is 4.74 Å². The van der Waals surface area contributed by atoms with Crippen LogP contribution in [0, 0.1) is 0 Å². The zero-order valence-electron chi connectivity index (χ0n) is 19.6. The normalized spacial score (nSPS) is 12.0. The molecule has 0 spiro atoms. The monoisotopic (exact) mass is 465 g/mol. The summed E-state index contributed by atoms with van der Waals surface area (Å²) in [4.78, 5) is 15.0. The molecule has 0 bridgehead atoms. The Kier molecular flexibility index (Phi) is 7.72. The van der Waals surface area contributed by atoms with Crippen LogP contribution < -0.4 is 4.74 Å². The predicted octanol–water partition coefficient (Wildman–Crippen LogP) is 5.15. The molecule has 0 aliphatic heterocycles. The van der Waals surface area contributed by atoms with Crippen molar-refractivity contribution >= 4 is 15.6 Å². The Morgan fingerprint density at radius 1 is 0.879 bits per heavy atom. The van der Waals surface area contributed by atoms with Gasteiger partial charge >= 0.3 is 0 Å². The van der Waals surface area contributed by atoms with Crippen LogP contribution in [0.1, 0.15) is 42.3 Å². The van der Waals surface area contributed by atoms with E-state index in [9.17, 15) is 13.2 Å². The Bertz CT molecular complexity index is 1180. The van der Waals surface area contributed by atoms with E-state index in [2.05, 4.69) is 0 Å². The average Bonchev–Trinajstić information content (AvgIpc) is 2.77. The minimum absolute atomic E-state index is 0.0247. The van der Waals surface area contributed by atoms with Gasteiger partial charge in [0.25, 0.3) is 0 Å². The number of sulfone groups is 1. The van der Waals surface area contributed by atoms with Crippen molar-refractivity contribution < 1.29 is 17.9 Å². The highest BCUT2D eigenvalue weighted by Gasteiger charge is 2.25. The average molecular weight is 466 g/mol. The van der Waals surface area contributed by atoms with E-state index in [1.54, 1.807) is 12.1 Å². The molecule has 6 heteroatoms. The molecular formula is C27H31NO4S. The molecule has 0 fully saturated rings. The van der Waals surface area contributed by atoms with E-state index < -0.39 is 9.84 Å². The van der Waals surface area contributed by atoms with Gasteiger partial charge in [0.2, 0.25) is 0 Å². The first-order valence-electron chi connectivity index (χ1n) is 10.9. The van der Waals surface area contributed by atoms with Gasteiger partial charge in [0, 0.05) is 23.9 Å². The molecule has 0 saturated heterocycles. The molecule has 0 atom stereocenters. The summed E-state index contributed by atoms with van der Waals surface area (Å²) in [7, 11) is -3.51. The lowest BCUT2D eigenvalue weighted by molar-refractivity contribution is 0.0793. The van der Waals surface area contributed by atoms with Gasteiger partial charge in [-0.15, -0.1) is 0 Å². The molecule has 0 unspecified atom stereocenters. The number of rotatable bonds is 9. The molecule has 0 aromatic heterocycles. The number of ether oxygens (including phenoxy) is 1. The quantitative estimate of drug-likeness (QED) is 0.409. The Labute approximate surface area is 196 Å². The molecule has 0 N–H and O–H groups in total. The van der Waals surface area contributed by atoms with Crippen LogP contribution in [0.5, 0.6) is 5.75 Å². The zero-order valence-corrected chi connectivity index (χ0v) is 20.4. The lowest BCUT2D eigenvalue weighted by atomic mass is 10.0. The molecular weight excluding hydrogens is 434 g/mol. The molecule has 0 aliphatic carbocycles. The first-order valence-corrected chi connectivity index (χ1v) is 12.8. The van der Waals surface area contributed by atoms with Gasteiger partial charge in [-0.3, -0.25) is 9.69 Å². The standard InChI is InChI=1S/C27H31NO4S/c1-27(2,3)28(19-24(29)23-13-9-6-10-14-23)18-22-15-16-25(26(17-22)33(4,30)31)32-20-21-11-7-5-8-12-21/h5-17H,18-20H2,1-4H3. The van der Waals surface area contributed by atoms with Crippen LogP contribution in [0.4, 0.5) is 0 Å². The summed E-state index contributed by atoms with van der Waals surface area (Å²) in [6.07, 6.45) is 1.18. The number of nitrogens with zero attached hydrogens (tertiary/aromatic N) is 1. The highest BCUT2D eigenvalue weighted by atomic mass is 32.2. The highest BCUT2D eigenvalue weighted by Crippen LogP contribution is 2.28. The first kappa shape index (κ1) is 24.7. The minimum atomic E-state index is -3.51. The van der Waals surface area contributed by atoms with Crippen molar-refractivity contribution in [2.24, 2.45) is 0 Å². The molecule has 3 rings (SSSR count). The molecule has 5 nitrogen and oxygen atoms in total. The van der Waals surface area contributed by atoms with Crippen molar-refractivity contribution in [3.63, 3.8) is 0 Å². The van der Waals surface area contributed by atoms with E-state index in [0.717, 1.165) is 11.1 Å². The number of benzene rings is 3. The van der Waals surface area contributed by atoms with Gasteiger partial charge in [0.15, 0.2) is 15.6 Å². The van der Waals surface area contributed by atoms with E-state index >= 15 is 0 Å². The molecule has 0 amide bonds. The molecule has 3 aromatic rings. The number of carbonyl (C=O) groups is 1. The van der Waals surface area contributed by atoms with Crippen molar-refractivity contribution in [2.75, 3.05) is 12.8 Å². The second-order valence-corrected chi connectivity index (χ2v) is 11.1. The fourth-order valence-electron chi connectivity index (χ4n) is 3.43. The Hall–Kier alpha value is -2.96. The Morgan fingerprint density at radius 2 is 1.48 bits per heavy atom. The van der Waals surface area contributed by atoms with Gasteiger partial charge in [-0.1, -0.05) is 66.7 Å². The van der Waals surface area contributed by atoms with E-state index in [1.165, 1.54) is 6.26 Å². The van der Waals surface area contributed by atoms with Crippen molar-refractivity contribution in [1.82, 2.24) is 4.90 Å². The van der Waals surface area contributed by atoms with Crippen molar-refractivity contribution in [3.05, 3.63) is 95.6 Å². The summed E-state index contributed by atoms with van der Waals surface area (Å²) >= 11 is 0. The number of carbonyl (C=O) groups excluding carboxylic acids is 1. The van der Waals surface area contributed by atoms with E-state index in [0.29, 0.717) is 17.9 Å². The lowest BCUT2D eigenvalue weighted by Crippen LogP contribution is -2.43. The van der Waals surface area contributed by atoms with Gasteiger partial charge in [-0.25, -0.2) is 8.42 Å². The number of ketones is 1. The topological polar surface area (TPSA) is 63.7 Å². The van der Waals surface area contributed by atoms with Crippen LogP contribution in [-0.4, -0.2) is 37.4 Å². The van der Waals surface area contributed by atoms with E-state index in [-0.39, 0.29) is 29.4 Å². The van der Waals surface area contributed by atoms with Crippen LogP contribution in [0.25, 0.3) is 0 Å². The summed E-state index contributed by atoms with van der Waals surface area (Å²) in [6.45, 7) is 7.07. The van der Waals surface area contributed by atoms with Gasteiger partial charge in [-0.2, -0.15) is 0 Å². The molecule has 0 aliphatic rings. The summed E-state index contributed by atoms with van der Waals surface area (Å²) in [6, 6.07) is 24.0. The van der Waals surface area contributed by atoms with Crippen LogP contribution >= 0.6 is 0 Å². The van der Waals surface area contributed by atoms with Gasteiger partial charge in [0.05, 0.1) is 6.54 Å². The largest absolute Gasteiger partial charge is 0.488 e. The SMILES string of the molecule is CC(C)(C)N(CC(=O)c1ccccc1)Cc1ccc(OCc2ccccc2)c(S(C)(=O)=O)c1. The third-order valence-electron chi connectivity index (χ3n) is 5.40. The molecule has 3 aromatic carbocycles. The molecule has 0 heterocycles. The van der Waals surface area contributed by atoms with Crippen LogP contribution in [0.2, 0.25) is 0 Å². The smallest absolute Gasteiger partial charge is 0.179 e. The summed E-state index contributed by atoms with van der Waals surface area (Å²) in [5.74, 6) is 0.351. The fourth-order valence-corrected chi connectivity index (χ4v) is 4.29. The van der Waals surface area contributed by atoms with Crippen molar-refractivity contribution in [1.29, 1.82) is 0 Å². The number of hydrogen-bond donors (Lipinski definition) is 0. The second kappa shape index (κ2) is 10.3. The maximum atomic E-state index is 12.8. The molecule has 174 valence electrons. The fraction of sp³-hybridized carbons (Fsp3) is 0.296. The minimum Gasteiger partial charge on any atom is -0.488 e. The summed E-state index contributed by atoms with van der Waals surface area (Å²) in [5.41, 5.74) is 2.13. The predicted molar refractivity (Wildman–Crippen MR) is 131 cm³/mol. The Balaban J connectivity index is 1.83. The number of hydrogen-bond acceptors (Lipinski definition) is 5. The van der Waals surface area contributed by atoms with Crippen LogP contribution in [-0.2, 0) is 23.0 Å². The second-order valence-electron chi connectivity index (χ2n) is 9.14. The molecule has 0 radical (unpaired) electrons. The van der Waals surface area contributed by atoms with Gasteiger partial charge in [-0.05, 0) is 44.0 Å². The third-order valence-corrected chi connectivity index (χ3v) is 6.52. The Morgan fingerprint density at radius 3 is 2.06 bits per heavy atom. The van der Waals surface area contributed by atoms with Crippen LogP contribution in [0.15, 0.2) is 83.8 Å². The maximum absolute atomic E-state index is 12.8. The van der Waals surface area contributed by atoms with E-state index in [4.69, 9.17) is 4.74 Å². The lowest BCUT2D eigenvalue weighted by Gasteiger charge is -2.35. The highest BCUT2D eigenvalue weighted by molar-refractivity contribution is 7.90. The number of Topliss-reactive ketones (excluding diaryl/α,β-unsaturated/α-hetero) is 1.